The van der Waals surface area contributed by atoms with E-state index in [4.69, 9.17) is 16.6 Å². The zero-order valence-electron chi connectivity index (χ0n) is 16.3. The van der Waals surface area contributed by atoms with E-state index in [2.05, 4.69) is 14.8 Å². The largest absolute Gasteiger partial charge is 0.353 e. The van der Waals surface area contributed by atoms with E-state index in [-0.39, 0.29) is 5.91 Å². The Morgan fingerprint density at radius 3 is 2.39 bits per heavy atom. The van der Waals surface area contributed by atoms with Crippen LogP contribution in [0.3, 0.4) is 0 Å². The molecule has 0 saturated carbocycles. The second-order valence-corrected chi connectivity index (χ2v) is 7.94. The quantitative estimate of drug-likeness (QED) is 0.791. The third kappa shape index (κ3) is 4.22. The summed E-state index contributed by atoms with van der Waals surface area (Å²) >= 11 is 6.03. The molecule has 0 aliphatic carbocycles. The van der Waals surface area contributed by atoms with Crippen molar-refractivity contribution in [2.24, 2.45) is 0 Å². The molecule has 1 aromatic heterocycles. The molecule has 1 aromatic carbocycles. The van der Waals surface area contributed by atoms with Gasteiger partial charge in [0.15, 0.2) is 0 Å². The van der Waals surface area contributed by atoms with Gasteiger partial charge in [0.05, 0.1) is 0 Å². The molecule has 2 aliphatic heterocycles. The Hall–Kier alpha value is -2.34. The molecule has 0 N–H and O–H groups in total. The first-order chi connectivity index (χ1) is 13.6. The van der Waals surface area contributed by atoms with Gasteiger partial charge in [-0.15, -0.1) is 0 Å². The number of rotatable bonds is 3. The van der Waals surface area contributed by atoms with Gasteiger partial charge in [0.1, 0.15) is 5.82 Å². The van der Waals surface area contributed by atoms with Gasteiger partial charge in [0.25, 0.3) is 5.91 Å². The van der Waals surface area contributed by atoms with Crippen LogP contribution in [-0.2, 0) is 0 Å². The van der Waals surface area contributed by atoms with Crippen LogP contribution in [0.15, 0.2) is 30.3 Å². The lowest BCUT2D eigenvalue weighted by atomic mass is 10.1. The molecule has 0 bridgehead atoms. The first-order valence-electron chi connectivity index (χ1n) is 10.0. The highest BCUT2D eigenvalue weighted by molar-refractivity contribution is 6.30. The average Bonchev–Trinajstić information content (AvgIpc) is 2.73. The predicted molar refractivity (Wildman–Crippen MR) is 112 cm³/mol. The number of halogens is 1. The number of anilines is 2. The molecule has 2 fully saturated rings. The van der Waals surface area contributed by atoms with E-state index < -0.39 is 0 Å². The van der Waals surface area contributed by atoms with Crippen LogP contribution >= 0.6 is 11.6 Å². The van der Waals surface area contributed by atoms with Crippen molar-refractivity contribution in [3.8, 4) is 0 Å². The molecule has 2 aromatic rings. The molecule has 2 saturated heterocycles. The van der Waals surface area contributed by atoms with Gasteiger partial charge in [0.2, 0.25) is 5.95 Å². The minimum absolute atomic E-state index is 0.0371. The Morgan fingerprint density at radius 1 is 0.929 bits per heavy atom. The normalized spacial score (nSPS) is 17.7. The summed E-state index contributed by atoms with van der Waals surface area (Å²) in [6.45, 7) is 6.97. The van der Waals surface area contributed by atoms with Crippen LogP contribution in [0.2, 0.25) is 5.02 Å². The smallest absolute Gasteiger partial charge is 0.254 e. The molecule has 6 nitrogen and oxygen atoms in total. The standard InChI is InChI=1S/C21H26ClN5O/c1-16-14-19(24-21(23-16)27-8-3-2-4-9-27)25-10-12-26(13-11-25)20(28)17-6-5-7-18(22)15-17/h5-7,14-15H,2-4,8-13H2,1H3. The van der Waals surface area contributed by atoms with Gasteiger partial charge in [-0.2, -0.15) is 4.98 Å². The van der Waals surface area contributed by atoms with Crippen LogP contribution in [0, 0.1) is 6.92 Å². The third-order valence-corrected chi connectivity index (χ3v) is 5.67. The summed E-state index contributed by atoms with van der Waals surface area (Å²) < 4.78 is 0. The second kappa shape index (κ2) is 8.35. The van der Waals surface area contributed by atoms with Crippen molar-refractivity contribution in [2.45, 2.75) is 26.2 Å². The monoisotopic (exact) mass is 399 g/mol. The number of hydrogen-bond acceptors (Lipinski definition) is 5. The molecule has 0 atom stereocenters. The van der Waals surface area contributed by atoms with Gasteiger partial charge >= 0.3 is 0 Å². The number of piperidine rings is 1. The Bertz CT molecular complexity index is 844. The van der Waals surface area contributed by atoms with Gasteiger partial charge < -0.3 is 14.7 Å². The Kier molecular flexibility index (Phi) is 5.67. The van der Waals surface area contributed by atoms with Gasteiger partial charge in [-0.1, -0.05) is 17.7 Å². The lowest BCUT2D eigenvalue weighted by Gasteiger charge is -2.36. The summed E-state index contributed by atoms with van der Waals surface area (Å²) in [4.78, 5) is 28.7. The first-order valence-corrected chi connectivity index (χ1v) is 10.4. The Morgan fingerprint density at radius 2 is 1.68 bits per heavy atom. The highest BCUT2D eigenvalue weighted by atomic mass is 35.5. The minimum Gasteiger partial charge on any atom is -0.353 e. The van der Waals surface area contributed by atoms with Crippen LogP contribution in [0.25, 0.3) is 0 Å². The topological polar surface area (TPSA) is 52.6 Å². The molecule has 3 heterocycles. The number of piperazine rings is 1. The van der Waals surface area contributed by atoms with Crippen LogP contribution in [-0.4, -0.2) is 60.0 Å². The van der Waals surface area contributed by atoms with Crippen molar-refractivity contribution < 1.29 is 4.79 Å². The first kappa shape index (κ1) is 19.0. The van der Waals surface area contributed by atoms with Crippen molar-refractivity contribution in [2.75, 3.05) is 49.1 Å². The fraction of sp³-hybridized carbons (Fsp3) is 0.476. The van der Waals surface area contributed by atoms with E-state index in [1.165, 1.54) is 19.3 Å². The number of carbonyl (C=O) groups is 1. The Balaban J connectivity index is 1.43. The molecule has 0 spiro atoms. The summed E-state index contributed by atoms with van der Waals surface area (Å²) in [5.74, 6) is 1.84. The van der Waals surface area contributed by atoms with E-state index >= 15 is 0 Å². The zero-order valence-corrected chi connectivity index (χ0v) is 17.0. The van der Waals surface area contributed by atoms with Gasteiger partial charge in [0, 0.05) is 61.6 Å². The molecule has 148 valence electrons. The molecular formula is C21H26ClN5O. The van der Waals surface area contributed by atoms with Crippen molar-refractivity contribution in [1.82, 2.24) is 14.9 Å². The average molecular weight is 400 g/mol. The highest BCUT2D eigenvalue weighted by Crippen LogP contribution is 2.22. The maximum atomic E-state index is 12.7. The minimum atomic E-state index is 0.0371. The van der Waals surface area contributed by atoms with Gasteiger partial charge in [-0.25, -0.2) is 4.98 Å². The molecule has 0 unspecified atom stereocenters. The maximum Gasteiger partial charge on any atom is 0.254 e. The third-order valence-electron chi connectivity index (χ3n) is 5.43. The Labute approximate surface area is 171 Å². The lowest BCUT2D eigenvalue weighted by Crippen LogP contribution is -2.49. The summed E-state index contributed by atoms with van der Waals surface area (Å²) in [6.07, 6.45) is 3.70. The number of aryl methyl sites for hydroxylation is 1. The number of benzene rings is 1. The number of hydrogen-bond donors (Lipinski definition) is 0. The predicted octanol–water partition coefficient (Wildman–Crippen LogP) is 3.39. The number of amides is 1. The SMILES string of the molecule is Cc1cc(N2CCN(C(=O)c3cccc(Cl)c3)CC2)nc(N2CCCCC2)n1. The van der Waals surface area contributed by atoms with Gasteiger partial charge in [-0.05, 0) is 44.4 Å². The highest BCUT2D eigenvalue weighted by Gasteiger charge is 2.24. The van der Waals surface area contributed by atoms with Crippen molar-refractivity contribution in [3.05, 3.63) is 46.6 Å². The van der Waals surface area contributed by atoms with E-state index in [0.29, 0.717) is 23.7 Å². The lowest BCUT2D eigenvalue weighted by molar-refractivity contribution is 0.0746. The summed E-state index contributed by atoms with van der Waals surface area (Å²) in [5, 5.41) is 0.589. The molecule has 4 rings (SSSR count). The van der Waals surface area contributed by atoms with E-state index in [0.717, 1.165) is 43.6 Å². The van der Waals surface area contributed by atoms with Crippen LogP contribution < -0.4 is 9.80 Å². The maximum absolute atomic E-state index is 12.7. The van der Waals surface area contributed by atoms with Crippen LogP contribution in [0.4, 0.5) is 11.8 Å². The van der Waals surface area contributed by atoms with Crippen LogP contribution in [0.5, 0.6) is 0 Å². The van der Waals surface area contributed by atoms with Crippen molar-refractivity contribution in [1.29, 1.82) is 0 Å². The van der Waals surface area contributed by atoms with Crippen LogP contribution in [0.1, 0.15) is 35.3 Å². The summed E-state index contributed by atoms with van der Waals surface area (Å²) in [5.41, 5.74) is 1.63. The van der Waals surface area contributed by atoms with Crippen molar-refractivity contribution in [3.63, 3.8) is 0 Å². The number of nitrogens with zero attached hydrogens (tertiary/aromatic N) is 5. The fourth-order valence-electron chi connectivity index (χ4n) is 3.88. The number of carbonyl (C=O) groups excluding carboxylic acids is 1. The molecular weight excluding hydrogens is 374 g/mol. The van der Waals surface area contributed by atoms with E-state index in [1.807, 2.05) is 30.0 Å². The van der Waals surface area contributed by atoms with Gasteiger partial charge in [-0.3, -0.25) is 4.79 Å². The van der Waals surface area contributed by atoms with E-state index in [9.17, 15) is 4.79 Å². The summed E-state index contributed by atoms with van der Waals surface area (Å²) in [6, 6.07) is 9.20. The summed E-state index contributed by atoms with van der Waals surface area (Å²) in [7, 11) is 0. The molecule has 0 radical (unpaired) electrons. The van der Waals surface area contributed by atoms with E-state index in [1.54, 1.807) is 12.1 Å². The molecule has 28 heavy (non-hydrogen) atoms. The number of aromatic nitrogens is 2. The molecule has 2 aliphatic rings. The second-order valence-electron chi connectivity index (χ2n) is 7.50. The van der Waals surface area contributed by atoms with Crippen molar-refractivity contribution >= 4 is 29.3 Å². The zero-order chi connectivity index (χ0) is 19.5. The fourth-order valence-corrected chi connectivity index (χ4v) is 4.07. The molecule has 1 amide bonds. The molecule has 7 heteroatoms.